The van der Waals surface area contributed by atoms with E-state index in [4.69, 9.17) is 18.9 Å². The first kappa shape index (κ1) is 21.7. The van der Waals surface area contributed by atoms with Gasteiger partial charge in [0, 0.05) is 31.5 Å². The van der Waals surface area contributed by atoms with Gasteiger partial charge in [-0.1, -0.05) is 19.1 Å². The molecule has 2 heterocycles. The van der Waals surface area contributed by atoms with Gasteiger partial charge in [0.2, 0.25) is 5.91 Å². The molecule has 2 aliphatic heterocycles. The Labute approximate surface area is 173 Å². The van der Waals surface area contributed by atoms with Gasteiger partial charge in [-0.2, -0.15) is 0 Å². The average Bonchev–Trinajstić information content (AvgIpc) is 3.21. The quantitative estimate of drug-likeness (QED) is 0.529. The molecule has 1 aromatic carbocycles. The predicted octanol–water partition coefficient (Wildman–Crippen LogP) is 3.58. The number of ether oxygens (including phenoxy) is 4. The molecule has 6 heteroatoms. The van der Waals surface area contributed by atoms with E-state index in [0.29, 0.717) is 57.3 Å². The summed E-state index contributed by atoms with van der Waals surface area (Å²) < 4.78 is 22.6. The Bertz CT molecular complexity index is 695. The van der Waals surface area contributed by atoms with Crippen molar-refractivity contribution in [3.63, 3.8) is 0 Å². The highest BCUT2D eigenvalue weighted by Crippen LogP contribution is 2.33. The Morgan fingerprint density at radius 3 is 2.83 bits per heavy atom. The van der Waals surface area contributed by atoms with Gasteiger partial charge in [0.05, 0.1) is 33.0 Å². The molecular formula is C23H33NO5. The van der Waals surface area contributed by atoms with E-state index in [1.165, 1.54) is 0 Å². The summed E-state index contributed by atoms with van der Waals surface area (Å²) in [7, 11) is 1.64. The van der Waals surface area contributed by atoms with E-state index in [1.807, 2.05) is 23.1 Å². The Morgan fingerprint density at radius 1 is 1.38 bits per heavy atom. The molecule has 0 radical (unpaired) electrons. The van der Waals surface area contributed by atoms with E-state index in [0.717, 1.165) is 25.0 Å². The number of carbonyl (C=O) groups is 1. The topological polar surface area (TPSA) is 57.2 Å². The van der Waals surface area contributed by atoms with Crippen molar-refractivity contribution < 1.29 is 23.7 Å². The molecule has 6 nitrogen and oxygen atoms in total. The zero-order valence-corrected chi connectivity index (χ0v) is 17.7. The molecular weight excluding hydrogens is 370 g/mol. The van der Waals surface area contributed by atoms with Crippen molar-refractivity contribution in [2.45, 2.75) is 45.3 Å². The second-order valence-electron chi connectivity index (χ2n) is 8.31. The highest BCUT2D eigenvalue weighted by atomic mass is 16.5. The first-order valence-corrected chi connectivity index (χ1v) is 10.4. The number of hydrogen-bond acceptors (Lipinski definition) is 5. The summed E-state index contributed by atoms with van der Waals surface area (Å²) in [5, 5.41) is 0. The van der Waals surface area contributed by atoms with Crippen LogP contribution in [-0.4, -0.2) is 57.0 Å². The van der Waals surface area contributed by atoms with E-state index >= 15 is 0 Å². The van der Waals surface area contributed by atoms with E-state index < -0.39 is 0 Å². The number of allylic oxidation sites excluding steroid dienone is 1. The lowest BCUT2D eigenvalue weighted by atomic mass is 9.90. The number of carbonyl (C=O) groups excluding carboxylic acids is 1. The van der Waals surface area contributed by atoms with Gasteiger partial charge in [-0.15, -0.1) is 6.58 Å². The van der Waals surface area contributed by atoms with Gasteiger partial charge in [-0.05, 0) is 37.0 Å². The molecule has 2 aliphatic rings. The summed E-state index contributed by atoms with van der Waals surface area (Å²) in [6.07, 6.45) is 5.11. The monoisotopic (exact) mass is 403 g/mol. The first-order chi connectivity index (χ1) is 14.0. The van der Waals surface area contributed by atoms with Gasteiger partial charge in [-0.3, -0.25) is 4.79 Å². The third-order valence-corrected chi connectivity index (χ3v) is 5.44. The second-order valence-corrected chi connectivity index (χ2v) is 8.31. The highest BCUT2D eigenvalue weighted by Gasteiger charge is 2.34. The van der Waals surface area contributed by atoms with Crippen LogP contribution in [-0.2, 0) is 20.8 Å². The summed E-state index contributed by atoms with van der Waals surface area (Å²) in [5.74, 6) is 1.52. The molecule has 0 aromatic heterocycles. The molecule has 0 bridgehead atoms. The Hall–Kier alpha value is -2.05. The molecule has 29 heavy (non-hydrogen) atoms. The molecule has 1 atom stereocenters. The van der Waals surface area contributed by atoms with Crippen LogP contribution < -0.4 is 9.47 Å². The van der Waals surface area contributed by atoms with Crippen LogP contribution in [0, 0.1) is 5.41 Å². The van der Waals surface area contributed by atoms with Gasteiger partial charge in [0.25, 0.3) is 0 Å². The number of nitrogens with zero attached hydrogens (tertiary/aromatic N) is 1. The number of hydrogen-bond donors (Lipinski definition) is 0. The summed E-state index contributed by atoms with van der Waals surface area (Å²) >= 11 is 0. The second kappa shape index (κ2) is 10.1. The fourth-order valence-electron chi connectivity index (χ4n) is 3.61. The van der Waals surface area contributed by atoms with Crippen molar-refractivity contribution in [1.29, 1.82) is 0 Å². The maximum Gasteiger partial charge on any atom is 0.223 e. The van der Waals surface area contributed by atoms with E-state index in [-0.39, 0.29) is 17.4 Å². The fraction of sp³-hybridized carbons (Fsp3) is 0.609. The molecule has 0 aliphatic carbocycles. The fourth-order valence-corrected chi connectivity index (χ4v) is 3.61. The van der Waals surface area contributed by atoms with Crippen LogP contribution in [0.25, 0.3) is 0 Å². The normalized spacial score (nSPS) is 20.0. The van der Waals surface area contributed by atoms with Crippen molar-refractivity contribution in [1.82, 2.24) is 4.90 Å². The van der Waals surface area contributed by atoms with Crippen molar-refractivity contribution in [3.05, 3.63) is 36.4 Å². The standard InChI is InChI=1S/C23H33NO5/c1-4-5-8-22(25)24(14-19-7-6-11-28-19)13-18-9-10-20(26-3)21(12-18)29-17-23(2)15-27-16-23/h4,9-10,12,19H,1,5-8,11,13-17H2,2-3H3/t19-/m0/s1. The Morgan fingerprint density at radius 2 is 2.21 bits per heavy atom. The van der Waals surface area contributed by atoms with Crippen LogP contribution in [0.1, 0.15) is 38.2 Å². The van der Waals surface area contributed by atoms with Crippen LogP contribution in [0.5, 0.6) is 11.5 Å². The Balaban J connectivity index is 1.70. The van der Waals surface area contributed by atoms with Crippen molar-refractivity contribution in [2.75, 3.05) is 40.1 Å². The van der Waals surface area contributed by atoms with Crippen LogP contribution in [0.3, 0.4) is 0 Å². The molecule has 1 aromatic rings. The summed E-state index contributed by atoms with van der Waals surface area (Å²) in [5.41, 5.74) is 1.06. The summed E-state index contributed by atoms with van der Waals surface area (Å²) in [4.78, 5) is 14.7. The highest BCUT2D eigenvalue weighted by molar-refractivity contribution is 5.76. The predicted molar refractivity (Wildman–Crippen MR) is 111 cm³/mol. The van der Waals surface area contributed by atoms with Crippen LogP contribution in [0.4, 0.5) is 0 Å². The number of methoxy groups -OCH3 is 1. The van der Waals surface area contributed by atoms with Crippen molar-refractivity contribution >= 4 is 5.91 Å². The molecule has 1 amide bonds. The smallest absolute Gasteiger partial charge is 0.223 e. The minimum atomic E-state index is 0.0491. The molecule has 0 saturated carbocycles. The zero-order chi connectivity index (χ0) is 20.7. The first-order valence-electron chi connectivity index (χ1n) is 10.4. The molecule has 3 rings (SSSR count). The minimum Gasteiger partial charge on any atom is -0.493 e. The molecule has 2 fully saturated rings. The lowest BCUT2D eigenvalue weighted by Crippen LogP contribution is -2.44. The Kier molecular flexibility index (Phi) is 7.56. The lowest BCUT2D eigenvalue weighted by Gasteiger charge is -2.37. The minimum absolute atomic E-state index is 0.0491. The summed E-state index contributed by atoms with van der Waals surface area (Å²) in [6.45, 7) is 9.79. The largest absolute Gasteiger partial charge is 0.493 e. The van der Waals surface area contributed by atoms with Crippen LogP contribution in [0.15, 0.2) is 30.9 Å². The van der Waals surface area contributed by atoms with Gasteiger partial charge in [-0.25, -0.2) is 0 Å². The molecule has 0 spiro atoms. The molecule has 160 valence electrons. The number of rotatable bonds is 11. The maximum atomic E-state index is 12.8. The zero-order valence-electron chi connectivity index (χ0n) is 17.7. The third kappa shape index (κ3) is 5.97. The SMILES string of the molecule is C=CCCC(=O)N(Cc1ccc(OC)c(OCC2(C)COC2)c1)C[C@@H]1CCCO1. The van der Waals surface area contributed by atoms with Crippen molar-refractivity contribution in [2.24, 2.45) is 5.41 Å². The van der Waals surface area contributed by atoms with E-state index in [2.05, 4.69) is 13.5 Å². The molecule has 2 saturated heterocycles. The van der Waals surface area contributed by atoms with Crippen molar-refractivity contribution in [3.8, 4) is 11.5 Å². The van der Waals surface area contributed by atoms with E-state index in [1.54, 1.807) is 13.2 Å². The van der Waals surface area contributed by atoms with Gasteiger partial charge >= 0.3 is 0 Å². The number of benzene rings is 1. The van der Waals surface area contributed by atoms with Gasteiger partial charge in [0.1, 0.15) is 0 Å². The number of amides is 1. The lowest BCUT2D eigenvalue weighted by molar-refractivity contribution is -0.133. The van der Waals surface area contributed by atoms with Gasteiger partial charge in [0.15, 0.2) is 11.5 Å². The molecule has 0 unspecified atom stereocenters. The van der Waals surface area contributed by atoms with Crippen LogP contribution >= 0.6 is 0 Å². The van der Waals surface area contributed by atoms with Crippen LogP contribution in [0.2, 0.25) is 0 Å². The van der Waals surface area contributed by atoms with E-state index in [9.17, 15) is 4.79 Å². The maximum absolute atomic E-state index is 12.8. The van der Waals surface area contributed by atoms with Gasteiger partial charge < -0.3 is 23.8 Å². The average molecular weight is 404 g/mol. The summed E-state index contributed by atoms with van der Waals surface area (Å²) in [6, 6.07) is 5.87. The molecule has 0 N–H and O–H groups in total. The third-order valence-electron chi connectivity index (χ3n) is 5.44.